The minimum absolute atomic E-state index is 0.772. The summed E-state index contributed by atoms with van der Waals surface area (Å²) in [6, 6.07) is 8.50. The summed E-state index contributed by atoms with van der Waals surface area (Å²) >= 11 is 0. The van der Waals surface area contributed by atoms with E-state index in [2.05, 4.69) is 30.3 Å². The Kier molecular flexibility index (Phi) is 2.35. The molecule has 1 aromatic carbocycles. The van der Waals surface area contributed by atoms with Gasteiger partial charge in [0.05, 0.1) is 12.4 Å². The third-order valence-corrected chi connectivity index (χ3v) is 2.34. The lowest BCUT2D eigenvalue weighted by molar-refractivity contribution is 0.221. The van der Waals surface area contributed by atoms with Crippen LogP contribution in [0.15, 0.2) is 30.0 Å². The highest BCUT2D eigenvalue weighted by atomic mass is 16.5. The minimum Gasteiger partial charge on any atom is -0.498 e. The van der Waals surface area contributed by atoms with Crippen LogP contribution in [0.4, 0.5) is 0 Å². The normalized spacial score (nSPS) is 14.7. The van der Waals surface area contributed by atoms with Gasteiger partial charge in [-0.05, 0) is 30.5 Å². The topological polar surface area (TPSA) is 9.23 Å². The maximum absolute atomic E-state index is 5.50. The van der Waals surface area contributed by atoms with Gasteiger partial charge in [-0.2, -0.15) is 0 Å². The van der Waals surface area contributed by atoms with Gasteiger partial charge in [-0.15, -0.1) is 0 Å². The number of rotatable bonds is 2. The molecule has 1 aliphatic rings. The highest BCUT2D eigenvalue weighted by Gasteiger charge is 2.09. The molecular formula is C12H14O. The SMILES string of the molecule is CCOC1=Cc2ccccc2CC1. The van der Waals surface area contributed by atoms with Gasteiger partial charge in [0, 0.05) is 6.42 Å². The van der Waals surface area contributed by atoms with E-state index in [1.54, 1.807) is 0 Å². The van der Waals surface area contributed by atoms with Gasteiger partial charge < -0.3 is 4.74 Å². The summed E-state index contributed by atoms with van der Waals surface area (Å²) < 4.78 is 5.50. The van der Waals surface area contributed by atoms with Crippen molar-refractivity contribution in [3.63, 3.8) is 0 Å². The maximum atomic E-state index is 5.50. The summed E-state index contributed by atoms with van der Waals surface area (Å²) in [6.07, 6.45) is 4.31. The average molecular weight is 174 g/mol. The molecule has 0 aliphatic heterocycles. The van der Waals surface area contributed by atoms with Crippen molar-refractivity contribution in [3.05, 3.63) is 41.2 Å². The van der Waals surface area contributed by atoms with Crippen molar-refractivity contribution < 1.29 is 4.74 Å². The minimum atomic E-state index is 0.772. The van der Waals surface area contributed by atoms with Crippen molar-refractivity contribution in [1.29, 1.82) is 0 Å². The molecule has 68 valence electrons. The first kappa shape index (κ1) is 8.36. The number of hydrogen-bond acceptors (Lipinski definition) is 1. The van der Waals surface area contributed by atoms with E-state index >= 15 is 0 Å². The van der Waals surface area contributed by atoms with Gasteiger partial charge in [0.2, 0.25) is 0 Å². The third kappa shape index (κ3) is 1.74. The summed E-state index contributed by atoms with van der Waals surface area (Å²) in [5, 5.41) is 0. The number of benzene rings is 1. The number of ether oxygens (including phenoxy) is 1. The van der Waals surface area contributed by atoms with Gasteiger partial charge in [0.1, 0.15) is 0 Å². The van der Waals surface area contributed by atoms with E-state index < -0.39 is 0 Å². The van der Waals surface area contributed by atoms with Gasteiger partial charge >= 0.3 is 0 Å². The molecule has 1 heteroatoms. The summed E-state index contributed by atoms with van der Waals surface area (Å²) in [7, 11) is 0. The van der Waals surface area contributed by atoms with Gasteiger partial charge in [-0.25, -0.2) is 0 Å². The first-order chi connectivity index (χ1) is 6.40. The van der Waals surface area contributed by atoms with E-state index in [1.807, 2.05) is 6.92 Å². The summed E-state index contributed by atoms with van der Waals surface area (Å²) in [5.41, 5.74) is 2.75. The Morgan fingerprint density at radius 3 is 2.92 bits per heavy atom. The van der Waals surface area contributed by atoms with Crippen molar-refractivity contribution in [3.8, 4) is 0 Å². The smallest absolute Gasteiger partial charge is 0.0968 e. The van der Waals surface area contributed by atoms with Gasteiger partial charge in [0.15, 0.2) is 0 Å². The summed E-state index contributed by atoms with van der Waals surface area (Å²) in [6.45, 7) is 2.80. The molecule has 0 unspecified atom stereocenters. The van der Waals surface area contributed by atoms with E-state index in [0.717, 1.165) is 25.2 Å². The molecule has 0 aromatic heterocycles. The van der Waals surface area contributed by atoms with Crippen LogP contribution >= 0.6 is 0 Å². The number of hydrogen-bond donors (Lipinski definition) is 0. The molecule has 0 spiro atoms. The predicted molar refractivity (Wildman–Crippen MR) is 54.4 cm³/mol. The Labute approximate surface area is 79.0 Å². The van der Waals surface area contributed by atoms with Crippen molar-refractivity contribution in [2.45, 2.75) is 19.8 Å². The lowest BCUT2D eigenvalue weighted by atomic mass is 9.96. The zero-order chi connectivity index (χ0) is 9.10. The fourth-order valence-corrected chi connectivity index (χ4v) is 1.71. The Morgan fingerprint density at radius 2 is 2.08 bits per heavy atom. The highest BCUT2D eigenvalue weighted by molar-refractivity contribution is 5.57. The molecule has 13 heavy (non-hydrogen) atoms. The third-order valence-electron chi connectivity index (χ3n) is 2.34. The summed E-state index contributed by atoms with van der Waals surface area (Å²) in [5.74, 6) is 1.13. The molecule has 2 rings (SSSR count). The lowest BCUT2D eigenvalue weighted by Gasteiger charge is -2.16. The van der Waals surface area contributed by atoms with Gasteiger partial charge in [-0.3, -0.25) is 0 Å². The Bertz CT molecular complexity index is 326. The molecular weight excluding hydrogens is 160 g/mol. The van der Waals surface area contributed by atoms with Crippen LogP contribution < -0.4 is 0 Å². The van der Waals surface area contributed by atoms with E-state index in [9.17, 15) is 0 Å². The highest BCUT2D eigenvalue weighted by Crippen LogP contribution is 2.23. The van der Waals surface area contributed by atoms with Crippen molar-refractivity contribution in [1.82, 2.24) is 0 Å². The fraction of sp³-hybridized carbons (Fsp3) is 0.333. The molecule has 0 saturated carbocycles. The average Bonchev–Trinajstić information content (AvgIpc) is 2.18. The number of aryl methyl sites for hydroxylation is 1. The van der Waals surface area contributed by atoms with Gasteiger partial charge in [-0.1, -0.05) is 24.3 Å². The molecule has 0 atom stereocenters. The van der Waals surface area contributed by atoms with E-state index in [4.69, 9.17) is 4.74 Å². The van der Waals surface area contributed by atoms with Crippen LogP contribution in [0, 0.1) is 0 Å². The van der Waals surface area contributed by atoms with Crippen LogP contribution in [0.1, 0.15) is 24.5 Å². The molecule has 1 nitrogen and oxygen atoms in total. The lowest BCUT2D eigenvalue weighted by Crippen LogP contribution is -2.01. The van der Waals surface area contributed by atoms with Crippen LogP contribution in [-0.2, 0) is 11.2 Å². The molecule has 0 N–H and O–H groups in total. The van der Waals surface area contributed by atoms with Crippen LogP contribution in [0.2, 0.25) is 0 Å². The van der Waals surface area contributed by atoms with E-state index in [0.29, 0.717) is 0 Å². The molecule has 0 radical (unpaired) electrons. The molecule has 1 aromatic rings. The first-order valence-corrected chi connectivity index (χ1v) is 4.81. The van der Waals surface area contributed by atoms with E-state index in [1.165, 1.54) is 11.1 Å². The number of allylic oxidation sites excluding steroid dienone is 1. The van der Waals surface area contributed by atoms with Crippen molar-refractivity contribution >= 4 is 6.08 Å². The van der Waals surface area contributed by atoms with Crippen LogP contribution in [0.3, 0.4) is 0 Å². The second-order valence-corrected chi connectivity index (χ2v) is 3.24. The summed E-state index contributed by atoms with van der Waals surface area (Å²) in [4.78, 5) is 0. The molecule has 0 bridgehead atoms. The molecule has 0 heterocycles. The molecule has 0 fully saturated rings. The van der Waals surface area contributed by atoms with Crippen LogP contribution in [0.25, 0.3) is 6.08 Å². The largest absolute Gasteiger partial charge is 0.498 e. The molecule has 0 saturated heterocycles. The first-order valence-electron chi connectivity index (χ1n) is 4.81. The second-order valence-electron chi connectivity index (χ2n) is 3.24. The van der Waals surface area contributed by atoms with Crippen LogP contribution in [-0.4, -0.2) is 6.61 Å². The Balaban J connectivity index is 2.28. The van der Waals surface area contributed by atoms with Crippen LogP contribution in [0.5, 0.6) is 0 Å². The predicted octanol–water partition coefficient (Wildman–Crippen LogP) is 3.01. The number of fused-ring (bicyclic) bond motifs is 1. The van der Waals surface area contributed by atoms with E-state index in [-0.39, 0.29) is 0 Å². The van der Waals surface area contributed by atoms with Gasteiger partial charge in [0.25, 0.3) is 0 Å². The Morgan fingerprint density at radius 1 is 1.23 bits per heavy atom. The fourth-order valence-electron chi connectivity index (χ4n) is 1.71. The molecule has 0 amide bonds. The second kappa shape index (κ2) is 3.65. The standard InChI is InChI=1S/C12H14O/c1-2-13-12-8-7-10-5-3-4-6-11(10)9-12/h3-6,9H,2,7-8H2,1H3. The maximum Gasteiger partial charge on any atom is 0.0968 e. The zero-order valence-electron chi connectivity index (χ0n) is 7.92. The molecule has 1 aliphatic carbocycles. The Hall–Kier alpha value is -1.24. The van der Waals surface area contributed by atoms with Crippen molar-refractivity contribution in [2.24, 2.45) is 0 Å². The monoisotopic (exact) mass is 174 g/mol. The van der Waals surface area contributed by atoms with Crippen molar-refractivity contribution in [2.75, 3.05) is 6.61 Å². The quantitative estimate of drug-likeness (QED) is 0.669. The zero-order valence-corrected chi connectivity index (χ0v) is 7.92.